The second-order valence-electron chi connectivity index (χ2n) is 6.22. The van der Waals surface area contributed by atoms with Crippen LogP contribution in [0.25, 0.3) is 33.3 Å². The molecule has 0 saturated carbocycles. The molecule has 0 amide bonds. The minimum atomic E-state index is -0.295. The van der Waals surface area contributed by atoms with Crippen molar-refractivity contribution in [2.75, 3.05) is 20.3 Å². The number of nitrogens with zero attached hydrogens (tertiary/aromatic N) is 5. The molecule has 10 heteroatoms. The highest BCUT2D eigenvalue weighted by atomic mass is 32.1. The average molecular weight is 414 g/mol. The first-order valence-electron chi connectivity index (χ1n) is 8.89. The smallest absolute Gasteiger partial charge is 0.174 e. The predicted octanol–water partition coefficient (Wildman–Crippen LogP) is 3.53. The fourth-order valence-corrected chi connectivity index (χ4v) is 3.76. The monoisotopic (exact) mass is 414 g/mol. The summed E-state index contributed by atoms with van der Waals surface area (Å²) in [7, 11) is 1.63. The summed E-state index contributed by atoms with van der Waals surface area (Å²) in [5, 5.41) is 14.1. The van der Waals surface area contributed by atoms with Crippen molar-refractivity contribution in [2.45, 2.75) is 13.7 Å². The minimum Gasteiger partial charge on any atom is -0.382 e. The van der Waals surface area contributed by atoms with E-state index in [0.717, 1.165) is 27.5 Å². The van der Waals surface area contributed by atoms with E-state index in [0.29, 0.717) is 24.7 Å². The number of methoxy groups -OCH3 is 1. The van der Waals surface area contributed by atoms with Gasteiger partial charge < -0.3 is 9.47 Å². The molecule has 0 unspecified atom stereocenters. The fourth-order valence-electron chi connectivity index (χ4n) is 2.86. The lowest BCUT2D eigenvalue weighted by Crippen LogP contribution is -2.09. The van der Waals surface area contributed by atoms with E-state index in [4.69, 9.17) is 19.6 Å². The van der Waals surface area contributed by atoms with Crippen LogP contribution in [0.15, 0.2) is 36.0 Å². The van der Waals surface area contributed by atoms with E-state index < -0.39 is 0 Å². The molecule has 1 aromatic carbocycles. The van der Waals surface area contributed by atoms with Crippen LogP contribution in [-0.2, 0) is 16.2 Å². The second kappa shape index (κ2) is 8.60. The van der Waals surface area contributed by atoms with Gasteiger partial charge in [-0.2, -0.15) is 10.2 Å². The van der Waals surface area contributed by atoms with Crippen LogP contribution >= 0.6 is 11.3 Å². The Balaban J connectivity index is 1.74. The summed E-state index contributed by atoms with van der Waals surface area (Å²) in [6, 6.07) is 6.26. The number of aromatic amines is 1. The Kier molecular flexibility index (Phi) is 5.74. The molecule has 0 aliphatic heterocycles. The number of ether oxygens (including phenoxy) is 2. The predicted molar refractivity (Wildman–Crippen MR) is 107 cm³/mol. The van der Waals surface area contributed by atoms with Gasteiger partial charge in [-0.05, 0) is 31.2 Å². The van der Waals surface area contributed by atoms with Crippen LogP contribution in [0, 0.1) is 12.7 Å². The number of aromatic nitrogens is 6. The van der Waals surface area contributed by atoms with Crippen molar-refractivity contribution in [3.8, 4) is 33.3 Å². The summed E-state index contributed by atoms with van der Waals surface area (Å²) >= 11 is 1.49. The van der Waals surface area contributed by atoms with E-state index >= 15 is 0 Å². The van der Waals surface area contributed by atoms with Gasteiger partial charge in [-0.15, -0.1) is 11.3 Å². The first kappa shape index (κ1) is 19.4. The SMILES string of the molecule is COCCOCn1nc(-c2ccc(F)cc2)c(-c2nc(-c3ncn[nH]3)cs2)c1C. The van der Waals surface area contributed by atoms with Crippen molar-refractivity contribution in [1.29, 1.82) is 0 Å². The number of benzene rings is 1. The summed E-state index contributed by atoms with van der Waals surface area (Å²) in [5.41, 5.74) is 4.01. The Morgan fingerprint density at radius 1 is 1.21 bits per heavy atom. The molecule has 3 aromatic heterocycles. The van der Waals surface area contributed by atoms with Gasteiger partial charge in [-0.1, -0.05) is 0 Å². The van der Waals surface area contributed by atoms with Crippen LogP contribution < -0.4 is 0 Å². The van der Waals surface area contributed by atoms with Crippen molar-refractivity contribution in [3.05, 3.63) is 47.5 Å². The van der Waals surface area contributed by atoms with Crippen LogP contribution in [0.3, 0.4) is 0 Å². The third-order valence-electron chi connectivity index (χ3n) is 4.35. The topological polar surface area (TPSA) is 90.7 Å². The van der Waals surface area contributed by atoms with Gasteiger partial charge in [0.2, 0.25) is 0 Å². The zero-order valence-corrected chi connectivity index (χ0v) is 16.7. The summed E-state index contributed by atoms with van der Waals surface area (Å²) in [4.78, 5) is 8.86. The normalized spacial score (nSPS) is 11.3. The molecule has 0 fully saturated rings. The average Bonchev–Trinajstić information content (AvgIpc) is 3.46. The fraction of sp³-hybridized carbons (Fsp3) is 0.263. The number of thiazole rings is 1. The quantitative estimate of drug-likeness (QED) is 0.444. The van der Waals surface area contributed by atoms with E-state index in [2.05, 4.69) is 15.2 Å². The largest absolute Gasteiger partial charge is 0.382 e. The van der Waals surface area contributed by atoms with Gasteiger partial charge in [-0.25, -0.2) is 19.0 Å². The van der Waals surface area contributed by atoms with Crippen molar-refractivity contribution >= 4 is 11.3 Å². The molecule has 4 aromatic rings. The first-order valence-corrected chi connectivity index (χ1v) is 9.77. The van der Waals surface area contributed by atoms with E-state index in [1.165, 1.54) is 29.8 Å². The standard InChI is InChI=1S/C19H19FN6O2S/c1-12-16(19-23-15(9-29-19)18-21-10-22-24-18)17(13-3-5-14(20)6-4-13)25-26(12)11-28-8-7-27-2/h3-6,9-10H,7-8,11H2,1-2H3,(H,21,22,24). The number of hydrogen-bond donors (Lipinski definition) is 1. The van der Waals surface area contributed by atoms with E-state index in [9.17, 15) is 4.39 Å². The van der Waals surface area contributed by atoms with Crippen molar-refractivity contribution in [3.63, 3.8) is 0 Å². The maximum atomic E-state index is 13.4. The molecular formula is C19H19FN6O2S. The maximum absolute atomic E-state index is 13.4. The Hall–Kier alpha value is -2.95. The summed E-state index contributed by atoms with van der Waals surface area (Å²) in [6.45, 7) is 3.21. The van der Waals surface area contributed by atoms with Gasteiger partial charge in [0.05, 0.1) is 18.8 Å². The molecule has 0 radical (unpaired) electrons. The lowest BCUT2D eigenvalue weighted by Gasteiger charge is -2.05. The summed E-state index contributed by atoms with van der Waals surface area (Å²) in [5.74, 6) is 0.306. The Morgan fingerprint density at radius 3 is 2.76 bits per heavy atom. The zero-order valence-electron chi connectivity index (χ0n) is 15.9. The molecule has 0 saturated heterocycles. The molecule has 8 nitrogen and oxygen atoms in total. The van der Waals surface area contributed by atoms with Gasteiger partial charge in [-0.3, -0.25) is 5.10 Å². The third kappa shape index (κ3) is 4.09. The highest BCUT2D eigenvalue weighted by Gasteiger charge is 2.21. The number of rotatable bonds is 8. The lowest BCUT2D eigenvalue weighted by molar-refractivity contribution is 0.0281. The highest BCUT2D eigenvalue weighted by molar-refractivity contribution is 7.13. The van der Waals surface area contributed by atoms with Crippen molar-refractivity contribution < 1.29 is 13.9 Å². The van der Waals surface area contributed by atoms with Crippen LogP contribution in [0.2, 0.25) is 0 Å². The molecule has 0 atom stereocenters. The highest BCUT2D eigenvalue weighted by Crippen LogP contribution is 2.37. The molecular weight excluding hydrogens is 395 g/mol. The molecule has 0 bridgehead atoms. The zero-order chi connectivity index (χ0) is 20.2. The number of hydrogen-bond acceptors (Lipinski definition) is 7. The second-order valence-corrected chi connectivity index (χ2v) is 7.08. The molecule has 0 aliphatic rings. The Bertz CT molecular complexity index is 1080. The van der Waals surface area contributed by atoms with Crippen LogP contribution in [-0.4, -0.2) is 50.3 Å². The van der Waals surface area contributed by atoms with Gasteiger partial charge in [0.15, 0.2) is 5.82 Å². The van der Waals surface area contributed by atoms with Crippen molar-refractivity contribution in [1.82, 2.24) is 29.9 Å². The molecule has 1 N–H and O–H groups in total. The van der Waals surface area contributed by atoms with Gasteiger partial charge in [0.25, 0.3) is 0 Å². The first-order chi connectivity index (χ1) is 14.2. The summed E-state index contributed by atoms with van der Waals surface area (Å²) in [6.07, 6.45) is 1.44. The Morgan fingerprint density at radius 2 is 2.03 bits per heavy atom. The Labute approximate surface area is 170 Å². The van der Waals surface area contributed by atoms with Crippen LogP contribution in [0.5, 0.6) is 0 Å². The summed E-state index contributed by atoms with van der Waals surface area (Å²) < 4.78 is 25.9. The molecule has 3 heterocycles. The van der Waals surface area contributed by atoms with E-state index in [-0.39, 0.29) is 12.5 Å². The molecule has 4 rings (SSSR count). The number of nitrogens with one attached hydrogen (secondary N) is 1. The van der Waals surface area contributed by atoms with Gasteiger partial charge in [0.1, 0.15) is 35.3 Å². The minimum absolute atomic E-state index is 0.281. The van der Waals surface area contributed by atoms with Gasteiger partial charge in [0, 0.05) is 23.7 Å². The van der Waals surface area contributed by atoms with Crippen LogP contribution in [0.1, 0.15) is 5.69 Å². The van der Waals surface area contributed by atoms with E-state index in [1.54, 1.807) is 23.9 Å². The molecule has 150 valence electrons. The molecule has 0 aliphatic carbocycles. The molecule has 29 heavy (non-hydrogen) atoms. The van der Waals surface area contributed by atoms with Gasteiger partial charge >= 0.3 is 0 Å². The van der Waals surface area contributed by atoms with E-state index in [1.807, 2.05) is 12.3 Å². The lowest BCUT2D eigenvalue weighted by atomic mass is 10.1. The number of H-pyrrole nitrogens is 1. The van der Waals surface area contributed by atoms with Crippen LogP contribution in [0.4, 0.5) is 4.39 Å². The molecule has 0 spiro atoms. The third-order valence-corrected chi connectivity index (χ3v) is 5.20. The maximum Gasteiger partial charge on any atom is 0.174 e. The number of halogens is 1. The van der Waals surface area contributed by atoms with Crippen molar-refractivity contribution in [2.24, 2.45) is 0 Å².